The fraction of sp³-hybridized carbons (Fsp3) is 0.800. The van der Waals surface area contributed by atoms with Gasteiger partial charge in [-0.2, -0.15) is 0 Å². The van der Waals surface area contributed by atoms with Gasteiger partial charge in [0, 0.05) is 6.61 Å². The van der Waals surface area contributed by atoms with Gasteiger partial charge in [0.15, 0.2) is 0 Å². The van der Waals surface area contributed by atoms with Crippen LogP contribution in [0.4, 0.5) is 0 Å². The van der Waals surface area contributed by atoms with Crippen molar-refractivity contribution in [2.75, 3.05) is 6.61 Å². The second kappa shape index (κ2) is 2.13. The van der Waals surface area contributed by atoms with Gasteiger partial charge < -0.3 is 10.5 Å². The van der Waals surface area contributed by atoms with Crippen molar-refractivity contribution in [2.24, 2.45) is 5.73 Å². The van der Waals surface area contributed by atoms with Crippen LogP contribution < -0.4 is 5.73 Å². The Balaban J connectivity index is 2.09. The first-order chi connectivity index (χ1) is 3.79. The van der Waals surface area contributed by atoms with Crippen molar-refractivity contribution >= 4 is 5.91 Å². The molecular formula is C5H9NO2. The molecule has 0 saturated carbocycles. The number of ether oxygens (including phenoxy) is 1. The number of amides is 1. The van der Waals surface area contributed by atoms with E-state index in [1.54, 1.807) is 0 Å². The summed E-state index contributed by atoms with van der Waals surface area (Å²) in [6.45, 7) is 0.790. The molecule has 1 atom stereocenters. The molecule has 0 aliphatic carbocycles. The number of hydrogen-bond acceptors (Lipinski definition) is 2. The zero-order chi connectivity index (χ0) is 5.98. The van der Waals surface area contributed by atoms with E-state index in [1.807, 2.05) is 0 Å². The number of primary amides is 1. The Hall–Kier alpha value is -0.570. The Morgan fingerprint density at radius 2 is 2.50 bits per heavy atom. The molecule has 46 valence electrons. The molecule has 8 heavy (non-hydrogen) atoms. The topological polar surface area (TPSA) is 52.3 Å². The first-order valence-corrected chi connectivity index (χ1v) is 2.69. The van der Waals surface area contributed by atoms with Crippen LogP contribution in [0.2, 0.25) is 0 Å². The van der Waals surface area contributed by atoms with Crippen LogP contribution in [-0.2, 0) is 9.53 Å². The van der Waals surface area contributed by atoms with E-state index in [4.69, 9.17) is 10.5 Å². The molecule has 3 heteroatoms. The minimum absolute atomic E-state index is 0.132. The average Bonchev–Trinajstić information content (AvgIpc) is 1.55. The molecule has 1 aliphatic heterocycles. The molecule has 1 amide bonds. The highest BCUT2D eigenvalue weighted by molar-refractivity contribution is 5.74. The largest absolute Gasteiger partial charge is 0.377 e. The smallest absolute Gasteiger partial charge is 0.220 e. The van der Waals surface area contributed by atoms with Crippen molar-refractivity contribution in [1.29, 1.82) is 0 Å². The Morgan fingerprint density at radius 1 is 1.88 bits per heavy atom. The van der Waals surface area contributed by atoms with Crippen LogP contribution in [0, 0.1) is 0 Å². The number of rotatable bonds is 2. The fourth-order valence-electron chi connectivity index (χ4n) is 0.670. The van der Waals surface area contributed by atoms with Crippen molar-refractivity contribution in [1.82, 2.24) is 0 Å². The average molecular weight is 115 g/mol. The maximum Gasteiger partial charge on any atom is 0.220 e. The van der Waals surface area contributed by atoms with Crippen LogP contribution in [0.3, 0.4) is 0 Å². The summed E-state index contributed by atoms with van der Waals surface area (Å²) in [6.07, 6.45) is 1.51. The van der Waals surface area contributed by atoms with Crippen LogP contribution in [0.25, 0.3) is 0 Å². The van der Waals surface area contributed by atoms with Gasteiger partial charge in [-0.25, -0.2) is 0 Å². The van der Waals surface area contributed by atoms with Gasteiger partial charge in [-0.3, -0.25) is 4.79 Å². The molecular weight excluding hydrogens is 106 g/mol. The van der Waals surface area contributed by atoms with Crippen molar-refractivity contribution in [3.8, 4) is 0 Å². The monoisotopic (exact) mass is 115 g/mol. The molecule has 1 heterocycles. The molecule has 1 aliphatic rings. The van der Waals surface area contributed by atoms with Gasteiger partial charge in [0.2, 0.25) is 5.91 Å². The summed E-state index contributed by atoms with van der Waals surface area (Å²) >= 11 is 0. The summed E-state index contributed by atoms with van der Waals surface area (Å²) < 4.78 is 4.94. The van der Waals surface area contributed by atoms with Crippen LogP contribution in [0.1, 0.15) is 12.8 Å². The second-order valence-electron chi connectivity index (χ2n) is 1.95. The summed E-state index contributed by atoms with van der Waals surface area (Å²) in [5, 5.41) is 0. The van der Waals surface area contributed by atoms with E-state index in [0.29, 0.717) is 6.42 Å². The van der Waals surface area contributed by atoms with E-state index in [1.165, 1.54) is 0 Å². The molecule has 0 aromatic rings. The molecule has 0 radical (unpaired) electrons. The maximum atomic E-state index is 10.1. The zero-order valence-electron chi connectivity index (χ0n) is 4.59. The van der Waals surface area contributed by atoms with E-state index in [9.17, 15) is 4.79 Å². The third kappa shape index (κ3) is 1.20. The number of nitrogens with two attached hydrogens (primary N) is 1. The fourth-order valence-corrected chi connectivity index (χ4v) is 0.670. The summed E-state index contributed by atoms with van der Waals surface area (Å²) in [7, 11) is 0. The van der Waals surface area contributed by atoms with Crippen LogP contribution in [-0.4, -0.2) is 18.6 Å². The molecule has 2 N–H and O–H groups in total. The standard InChI is InChI=1S/C5H9NO2/c6-5(7)3-4-1-2-8-4/h4H,1-3H2,(H2,6,7). The van der Waals surface area contributed by atoms with Crippen LogP contribution >= 0.6 is 0 Å². The highest BCUT2D eigenvalue weighted by Crippen LogP contribution is 2.13. The molecule has 0 spiro atoms. The van der Waals surface area contributed by atoms with Crippen molar-refractivity contribution < 1.29 is 9.53 Å². The van der Waals surface area contributed by atoms with Crippen molar-refractivity contribution in [2.45, 2.75) is 18.9 Å². The minimum Gasteiger partial charge on any atom is -0.377 e. The second-order valence-corrected chi connectivity index (χ2v) is 1.95. The van der Waals surface area contributed by atoms with Crippen LogP contribution in [0.5, 0.6) is 0 Å². The molecule has 1 saturated heterocycles. The summed E-state index contributed by atoms with van der Waals surface area (Å²) in [6, 6.07) is 0. The summed E-state index contributed by atoms with van der Waals surface area (Å²) in [5.41, 5.74) is 4.88. The molecule has 0 bridgehead atoms. The van der Waals surface area contributed by atoms with E-state index in [2.05, 4.69) is 0 Å². The third-order valence-corrected chi connectivity index (χ3v) is 1.22. The molecule has 1 unspecified atom stereocenters. The molecule has 3 nitrogen and oxygen atoms in total. The van der Waals surface area contributed by atoms with Crippen molar-refractivity contribution in [3.05, 3.63) is 0 Å². The Bertz CT molecular complexity index is 98.6. The van der Waals surface area contributed by atoms with Gasteiger partial charge >= 0.3 is 0 Å². The molecule has 0 aromatic carbocycles. The quantitative estimate of drug-likeness (QED) is 0.534. The SMILES string of the molecule is NC(=O)CC1CCO1. The van der Waals surface area contributed by atoms with Crippen LogP contribution in [0.15, 0.2) is 0 Å². The van der Waals surface area contributed by atoms with Gasteiger partial charge in [-0.1, -0.05) is 0 Å². The number of hydrogen-bond donors (Lipinski definition) is 1. The van der Waals surface area contributed by atoms with Gasteiger partial charge in [-0.15, -0.1) is 0 Å². The normalized spacial score (nSPS) is 26.8. The molecule has 1 rings (SSSR count). The lowest BCUT2D eigenvalue weighted by atomic mass is 10.1. The van der Waals surface area contributed by atoms with Crippen molar-refractivity contribution in [3.63, 3.8) is 0 Å². The van der Waals surface area contributed by atoms with Gasteiger partial charge in [0.05, 0.1) is 12.5 Å². The molecule has 1 fully saturated rings. The van der Waals surface area contributed by atoms with E-state index < -0.39 is 0 Å². The third-order valence-electron chi connectivity index (χ3n) is 1.22. The predicted molar refractivity (Wildman–Crippen MR) is 28.2 cm³/mol. The lowest BCUT2D eigenvalue weighted by Gasteiger charge is -2.24. The lowest BCUT2D eigenvalue weighted by molar-refractivity contribution is -0.125. The lowest BCUT2D eigenvalue weighted by Crippen LogP contribution is -2.31. The zero-order valence-corrected chi connectivity index (χ0v) is 4.59. The van der Waals surface area contributed by atoms with Gasteiger partial charge in [0.1, 0.15) is 0 Å². The number of carbonyl (C=O) groups excluding carboxylic acids is 1. The highest BCUT2D eigenvalue weighted by atomic mass is 16.5. The maximum absolute atomic E-state index is 10.1. The number of carbonyl (C=O) groups is 1. The van der Waals surface area contributed by atoms with E-state index in [0.717, 1.165) is 13.0 Å². The Labute approximate surface area is 47.8 Å². The van der Waals surface area contributed by atoms with Gasteiger partial charge in [0.25, 0.3) is 0 Å². The Morgan fingerprint density at radius 3 is 2.62 bits per heavy atom. The first-order valence-electron chi connectivity index (χ1n) is 2.69. The van der Waals surface area contributed by atoms with E-state index >= 15 is 0 Å². The van der Waals surface area contributed by atoms with E-state index in [-0.39, 0.29) is 12.0 Å². The minimum atomic E-state index is -0.269. The Kier molecular flexibility index (Phi) is 1.48. The predicted octanol–water partition coefficient (Wildman–Crippen LogP) is -0.349. The highest BCUT2D eigenvalue weighted by Gasteiger charge is 2.19. The van der Waals surface area contributed by atoms with Gasteiger partial charge in [-0.05, 0) is 6.42 Å². The summed E-state index contributed by atoms with van der Waals surface area (Å²) in [5.74, 6) is -0.269. The first kappa shape index (κ1) is 5.56. The molecule has 0 aromatic heterocycles. The summed E-state index contributed by atoms with van der Waals surface area (Å²) in [4.78, 5) is 10.1.